The molecule has 0 radical (unpaired) electrons. The minimum absolute atomic E-state index is 0.0287. The molecule has 5 rings (SSSR count). The van der Waals surface area contributed by atoms with Crippen molar-refractivity contribution in [1.29, 1.82) is 0 Å². The number of nitrogens with zero attached hydrogens (tertiary/aromatic N) is 2. The van der Waals surface area contributed by atoms with E-state index in [4.69, 9.17) is 4.74 Å². The Morgan fingerprint density at radius 1 is 1.06 bits per heavy atom. The molecule has 3 aliphatic heterocycles. The molecule has 6 nitrogen and oxygen atoms in total. The molecule has 190 valence electrons. The van der Waals surface area contributed by atoms with Crippen LogP contribution in [0.2, 0.25) is 0 Å². The highest BCUT2D eigenvalue weighted by molar-refractivity contribution is 6.02. The fraction of sp³-hybridized carbons (Fsp3) is 0.500. The van der Waals surface area contributed by atoms with Gasteiger partial charge in [0.25, 0.3) is 0 Å². The Bertz CT molecular complexity index is 1200. The van der Waals surface area contributed by atoms with Crippen LogP contribution in [0, 0.1) is 19.8 Å². The van der Waals surface area contributed by atoms with Gasteiger partial charge in [-0.2, -0.15) is 0 Å². The lowest BCUT2D eigenvalue weighted by molar-refractivity contribution is -0.139. The number of ketones is 1. The molecule has 1 spiro atoms. The molecular weight excluding hydrogens is 452 g/mol. The molecule has 1 unspecified atom stereocenters. The highest BCUT2D eigenvalue weighted by Gasteiger charge is 2.46. The number of fused-ring (bicyclic) bond motifs is 1. The average Bonchev–Trinajstić information content (AvgIpc) is 3.25. The van der Waals surface area contributed by atoms with Gasteiger partial charge in [0.1, 0.15) is 11.4 Å². The van der Waals surface area contributed by atoms with Crippen molar-refractivity contribution in [2.45, 2.75) is 71.8 Å². The average molecular weight is 489 g/mol. The van der Waals surface area contributed by atoms with Gasteiger partial charge in [-0.1, -0.05) is 38.1 Å². The number of rotatable bonds is 4. The standard InChI is InChI=1S/C30H36N2O4/c1-5-21-8-7-9-22(6-2)27(21)32-18-23(16-26(32)34)29(35)31-12-10-30(11-13-31)17-25(33)24-15-19(3)14-20(4)28(24)36-30/h7-9,14-15,23H,5-6,10-13,16-18H2,1-4H3. The smallest absolute Gasteiger partial charge is 0.228 e. The molecule has 2 amide bonds. The van der Waals surface area contributed by atoms with Crippen LogP contribution in [0.15, 0.2) is 30.3 Å². The zero-order valence-corrected chi connectivity index (χ0v) is 21.9. The van der Waals surface area contributed by atoms with Gasteiger partial charge in [0.15, 0.2) is 5.78 Å². The molecule has 0 saturated carbocycles. The van der Waals surface area contributed by atoms with Crippen molar-refractivity contribution in [2.75, 3.05) is 24.5 Å². The van der Waals surface area contributed by atoms with Crippen LogP contribution < -0.4 is 9.64 Å². The Morgan fingerprint density at radius 3 is 2.36 bits per heavy atom. The van der Waals surface area contributed by atoms with Crippen LogP contribution in [0.3, 0.4) is 0 Å². The number of piperidine rings is 1. The third kappa shape index (κ3) is 4.21. The Labute approximate surface area is 213 Å². The molecule has 6 heteroatoms. The first kappa shape index (κ1) is 24.5. The molecule has 2 saturated heterocycles. The topological polar surface area (TPSA) is 66.9 Å². The highest BCUT2D eigenvalue weighted by atomic mass is 16.5. The van der Waals surface area contributed by atoms with Crippen molar-refractivity contribution in [3.05, 3.63) is 58.1 Å². The normalized spacial score (nSPS) is 21.1. The van der Waals surface area contributed by atoms with Gasteiger partial charge in [0.05, 0.1) is 17.9 Å². The summed E-state index contributed by atoms with van der Waals surface area (Å²) in [6.45, 7) is 9.71. The zero-order chi connectivity index (χ0) is 25.6. The largest absolute Gasteiger partial charge is 0.486 e. The van der Waals surface area contributed by atoms with E-state index in [1.165, 1.54) is 0 Å². The maximum absolute atomic E-state index is 13.5. The van der Waals surface area contributed by atoms with E-state index in [2.05, 4.69) is 26.0 Å². The second kappa shape index (κ2) is 9.38. The number of anilines is 1. The monoisotopic (exact) mass is 488 g/mol. The summed E-state index contributed by atoms with van der Waals surface area (Å²) in [5.41, 5.74) is 5.49. The van der Waals surface area contributed by atoms with E-state index in [1.54, 1.807) is 0 Å². The molecule has 0 bridgehead atoms. The fourth-order valence-electron chi connectivity index (χ4n) is 6.26. The third-order valence-corrected chi connectivity index (χ3v) is 8.22. The summed E-state index contributed by atoms with van der Waals surface area (Å²) in [7, 11) is 0. The number of Topliss-reactive ketones (excluding diaryl/α,β-unsaturated/α-hetero) is 1. The van der Waals surface area contributed by atoms with E-state index >= 15 is 0 Å². The van der Waals surface area contributed by atoms with Gasteiger partial charge in [0.2, 0.25) is 11.8 Å². The van der Waals surface area contributed by atoms with Gasteiger partial charge in [-0.15, -0.1) is 0 Å². The van der Waals surface area contributed by atoms with Crippen molar-refractivity contribution in [1.82, 2.24) is 4.90 Å². The second-order valence-electron chi connectivity index (χ2n) is 10.7. The molecule has 2 aromatic rings. The summed E-state index contributed by atoms with van der Waals surface area (Å²) in [6.07, 6.45) is 3.55. The van der Waals surface area contributed by atoms with Gasteiger partial charge in [-0.25, -0.2) is 0 Å². The zero-order valence-electron chi connectivity index (χ0n) is 21.9. The molecule has 2 fully saturated rings. The van der Waals surface area contributed by atoms with Crippen molar-refractivity contribution in [3.8, 4) is 5.75 Å². The summed E-state index contributed by atoms with van der Waals surface area (Å²) in [6, 6.07) is 10.2. The SMILES string of the molecule is CCc1cccc(CC)c1N1CC(C(=O)N2CCC3(CC2)CC(=O)c2cc(C)cc(C)c2O3)CC1=O. The van der Waals surface area contributed by atoms with Gasteiger partial charge < -0.3 is 14.5 Å². The summed E-state index contributed by atoms with van der Waals surface area (Å²) < 4.78 is 6.49. The number of benzene rings is 2. The lowest BCUT2D eigenvalue weighted by atomic mass is 9.81. The van der Waals surface area contributed by atoms with Crippen LogP contribution in [-0.4, -0.2) is 47.7 Å². The number of aryl methyl sites for hydroxylation is 4. The molecule has 36 heavy (non-hydrogen) atoms. The first-order valence-corrected chi connectivity index (χ1v) is 13.3. The van der Waals surface area contributed by atoms with Crippen molar-refractivity contribution in [3.63, 3.8) is 0 Å². The summed E-state index contributed by atoms with van der Waals surface area (Å²) in [5.74, 6) is 0.570. The first-order valence-electron chi connectivity index (χ1n) is 13.3. The van der Waals surface area contributed by atoms with Gasteiger partial charge in [0, 0.05) is 44.6 Å². The predicted molar refractivity (Wildman–Crippen MR) is 140 cm³/mol. The van der Waals surface area contributed by atoms with Crippen molar-refractivity contribution < 1.29 is 19.1 Å². The Hall–Kier alpha value is -3.15. The summed E-state index contributed by atoms with van der Waals surface area (Å²) in [5, 5.41) is 0. The molecule has 0 N–H and O–H groups in total. The number of amides is 2. The van der Waals surface area contributed by atoms with E-state index in [1.807, 2.05) is 41.8 Å². The van der Waals surface area contributed by atoms with Crippen molar-refractivity contribution in [2.24, 2.45) is 5.92 Å². The quantitative estimate of drug-likeness (QED) is 0.620. The molecule has 0 aliphatic carbocycles. The Kier molecular flexibility index (Phi) is 6.39. The predicted octanol–water partition coefficient (Wildman–Crippen LogP) is 4.81. The number of hydrogen-bond acceptors (Lipinski definition) is 4. The van der Waals surface area contributed by atoms with Crippen LogP contribution in [0.5, 0.6) is 5.75 Å². The molecule has 3 aliphatic rings. The van der Waals surface area contributed by atoms with Gasteiger partial charge in [-0.3, -0.25) is 14.4 Å². The van der Waals surface area contributed by atoms with Crippen molar-refractivity contribution >= 4 is 23.3 Å². The Balaban J connectivity index is 1.28. The molecule has 3 heterocycles. The summed E-state index contributed by atoms with van der Waals surface area (Å²) in [4.78, 5) is 43.3. The molecule has 1 atom stereocenters. The number of carbonyl (C=O) groups excluding carboxylic acids is 3. The first-order chi connectivity index (χ1) is 17.2. The highest BCUT2D eigenvalue weighted by Crippen LogP contribution is 2.42. The van der Waals surface area contributed by atoms with E-state index in [9.17, 15) is 14.4 Å². The fourth-order valence-corrected chi connectivity index (χ4v) is 6.26. The van der Waals surface area contributed by atoms with Gasteiger partial charge in [-0.05, 0) is 55.0 Å². The number of ether oxygens (including phenoxy) is 1. The number of likely N-dealkylation sites (tertiary alicyclic amines) is 1. The lowest BCUT2D eigenvalue weighted by Crippen LogP contribution is -2.53. The van der Waals surface area contributed by atoms with Crippen LogP contribution in [0.1, 0.15) is 72.1 Å². The molecule has 2 aromatic carbocycles. The molecular formula is C30H36N2O4. The maximum Gasteiger partial charge on any atom is 0.228 e. The summed E-state index contributed by atoms with van der Waals surface area (Å²) >= 11 is 0. The van der Waals surface area contributed by atoms with Crippen LogP contribution in [0.4, 0.5) is 5.69 Å². The lowest BCUT2D eigenvalue weighted by Gasteiger charge is -2.44. The minimum Gasteiger partial charge on any atom is -0.486 e. The maximum atomic E-state index is 13.5. The minimum atomic E-state index is -0.547. The van der Waals surface area contributed by atoms with Gasteiger partial charge >= 0.3 is 0 Å². The van der Waals surface area contributed by atoms with E-state index in [0.717, 1.165) is 40.8 Å². The number of hydrogen-bond donors (Lipinski definition) is 0. The van der Waals surface area contributed by atoms with E-state index in [-0.39, 0.29) is 29.9 Å². The van der Waals surface area contributed by atoms with Crippen LogP contribution >= 0.6 is 0 Å². The van der Waals surface area contributed by atoms with Crippen LogP contribution in [0.25, 0.3) is 0 Å². The third-order valence-electron chi connectivity index (χ3n) is 8.22. The number of para-hydroxylation sites is 1. The second-order valence-corrected chi connectivity index (χ2v) is 10.7. The molecule has 0 aromatic heterocycles. The van der Waals surface area contributed by atoms with Crippen LogP contribution in [-0.2, 0) is 22.4 Å². The van der Waals surface area contributed by atoms with E-state index < -0.39 is 5.60 Å². The Morgan fingerprint density at radius 2 is 1.72 bits per heavy atom. The van der Waals surface area contributed by atoms with E-state index in [0.29, 0.717) is 50.2 Å². The number of carbonyl (C=O) groups is 3.